The third kappa shape index (κ3) is 4.37. The Kier molecular flexibility index (Phi) is 5.65. The van der Waals surface area contributed by atoms with Gasteiger partial charge in [0.1, 0.15) is 5.75 Å². The standard InChI is InChI=1S/C15H16Cl2N2O/c1-2-7-18-9-11-3-6-15(19-10-11)20-12-4-5-13(16)14(17)8-12/h3-6,8,10,18H,2,7,9H2,1H3. The van der Waals surface area contributed by atoms with Crippen molar-refractivity contribution in [1.29, 1.82) is 0 Å². The van der Waals surface area contributed by atoms with E-state index in [-0.39, 0.29) is 0 Å². The topological polar surface area (TPSA) is 34.1 Å². The van der Waals surface area contributed by atoms with E-state index in [4.69, 9.17) is 27.9 Å². The Labute approximate surface area is 128 Å². The van der Waals surface area contributed by atoms with Crippen molar-refractivity contribution in [3.63, 3.8) is 0 Å². The van der Waals surface area contributed by atoms with E-state index in [0.717, 1.165) is 25.1 Å². The molecule has 1 N–H and O–H groups in total. The minimum atomic E-state index is 0.463. The zero-order valence-electron chi connectivity index (χ0n) is 11.2. The molecule has 0 radical (unpaired) electrons. The van der Waals surface area contributed by atoms with Crippen LogP contribution in [0.3, 0.4) is 0 Å². The molecule has 0 saturated carbocycles. The molecule has 0 aliphatic rings. The molecule has 1 aromatic carbocycles. The number of aromatic nitrogens is 1. The van der Waals surface area contributed by atoms with Gasteiger partial charge in [-0.2, -0.15) is 0 Å². The van der Waals surface area contributed by atoms with Crippen LogP contribution in [-0.4, -0.2) is 11.5 Å². The quantitative estimate of drug-likeness (QED) is 0.787. The molecule has 0 bridgehead atoms. The summed E-state index contributed by atoms with van der Waals surface area (Å²) in [4.78, 5) is 4.27. The predicted molar refractivity (Wildman–Crippen MR) is 82.8 cm³/mol. The van der Waals surface area contributed by atoms with Crippen LogP contribution < -0.4 is 10.1 Å². The summed E-state index contributed by atoms with van der Waals surface area (Å²) in [6, 6.07) is 8.95. The SMILES string of the molecule is CCCNCc1ccc(Oc2ccc(Cl)c(Cl)c2)nc1. The van der Waals surface area contributed by atoms with Crippen molar-refractivity contribution >= 4 is 23.2 Å². The van der Waals surface area contributed by atoms with E-state index in [1.165, 1.54) is 0 Å². The van der Waals surface area contributed by atoms with Crippen molar-refractivity contribution in [1.82, 2.24) is 10.3 Å². The minimum absolute atomic E-state index is 0.463. The smallest absolute Gasteiger partial charge is 0.219 e. The fourth-order valence-electron chi connectivity index (χ4n) is 1.65. The number of hydrogen-bond donors (Lipinski definition) is 1. The number of hydrogen-bond acceptors (Lipinski definition) is 3. The van der Waals surface area contributed by atoms with Crippen LogP contribution in [0, 0.1) is 0 Å². The fourth-order valence-corrected chi connectivity index (χ4v) is 1.93. The Bertz CT molecular complexity index is 558. The first-order chi connectivity index (χ1) is 9.69. The average molecular weight is 311 g/mol. The molecule has 0 aliphatic heterocycles. The molecule has 0 amide bonds. The van der Waals surface area contributed by atoms with Gasteiger partial charge in [0.2, 0.25) is 5.88 Å². The van der Waals surface area contributed by atoms with Gasteiger partial charge < -0.3 is 10.1 Å². The summed E-state index contributed by atoms with van der Waals surface area (Å²) in [5.41, 5.74) is 1.12. The summed E-state index contributed by atoms with van der Waals surface area (Å²) in [6.45, 7) is 3.95. The maximum atomic E-state index is 5.94. The van der Waals surface area contributed by atoms with Gasteiger partial charge in [-0.1, -0.05) is 36.2 Å². The molecule has 1 heterocycles. The summed E-state index contributed by atoms with van der Waals surface area (Å²) in [5.74, 6) is 1.14. The van der Waals surface area contributed by atoms with E-state index < -0.39 is 0 Å². The summed E-state index contributed by atoms with van der Waals surface area (Å²) < 4.78 is 5.62. The van der Waals surface area contributed by atoms with Crippen molar-refractivity contribution in [3.05, 3.63) is 52.1 Å². The van der Waals surface area contributed by atoms with E-state index >= 15 is 0 Å². The molecule has 106 valence electrons. The van der Waals surface area contributed by atoms with Gasteiger partial charge in [-0.3, -0.25) is 0 Å². The van der Waals surface area contributed by atoms with Crippen molar-refractivity contribution in [3.8, 4) is 11.6 Å². The molecule has 2 aromatic rings. The van der Waals surface area contributed by atoms with Crippen LogP contribution in [0.25, 0.3) is 0 Å². The van der Waals surface area contributed by atoms with Crippen LogP contribution in [0.1, 0.15) is 18.9 Å². The summed E-state index contributed by atoms with van der Waals surface area (Å²) in [5, 5.41) is 4.29. The van der Waals surface area contributed by atoms with Crippen LogP contribution in [-0.2, 0) is 6.54 Å². The first-order valence-corrected chi connectivity index (χ1v) is 7.23. The monoisotopic (exact) mass is 310 g/mol. The van der Waals surface area contributed by atoms with Crippen LogP contribution in [0.15, 0.2) is 36.5 Å². The number of nitrogens with one attached hydrogen (secondary N) is 1. The zero-order valence-corrected chi connectivity index (χ0v) is 12.7. The fraction of sp³-hybridized carbons (Fsp3) is 0.267. The Morgan fingerprint density at radius 1 is 1.15 bits per heavy atom. The van der Waals surface area contributed by atoms with Gasteiger partial charge in [0.05, 0.1) is 10.0 Å². The van der Waals surface area contributed by atoms with Crippen molar-refractivity contribution in [2.24, 2.45) is 0 Å². The van der Waals surface area contributed by atoms with E-state index in [0.29, 0.717) is 21.7 Å². The molecule has 0 spiro atoms. The second-order valence-corrected chi connectivity index (χ2v) is 5.17. The van der Waals surface area contributed by atoms with Crippen molar-refractivity contribution < 1.29 is 4.74 Å². The molecule has 20 heavy (non-hydrogen) atoms. The lowest BCUT2D eigenvalue weighted by Crippen LogP contribution is -2.13. The highest BCUT2D eigenvalue weighted by molar-refractivity contribution is 6.42. The summed E-state index contributed by atoms with van der Waals surface area (Å²) >= 11 is 11.8. The first-order valence-electron chi connectivity index (χ1n) is 6.47. The maximum absolute atomic E-state index is 5.94. The van der Waals surface area contributed by atoms with E-state index in [9.17, 15) is 0 Å². The normalized spacial score (nSPS) is 10.6. The van der Waals surface area contributed by atoms with Gasteiger partial charge in [-0.15, -0.1) is 0 Å². The molecule has 0 fully saturated rings. The predicted octanol–water partition coefficient (Wildman–Crippen LogP) is 4.68. The largest absolute Gasteiger partial charge is 0.439 e. The van der Waals surface area contributed by atoms with Gasteiger partial charge in [-0.25, -0.2) is 4.98 Å². The Morgan fingerprint density at radius 2 is 2.00 bits per heavy atom. The molecule has 0 atom stereocenters. The Hall–Kier alpha value is -1.29. The van der Waals surface area contributed by atoms with Gasteiger partial charge in [0, 0.05) is 24.9 Å². The summed E-state index contributed by atoms with van der Waals surface area (Å²) in [7, 11) is 0. The molecule has 0 saturated heterocycles. The average Bonchev–Trinajstić information content (AvgIpc) is 2.45. The number of rotatable bonds is 6. The van der Waals surface area contributed by atoms with Gasteiger partial charge in [0.25, 0.3) is 0 Å². The van der Waals surface area contributed by atoms with Gasteiger partial charge >= 0.3 is 0 Å². The van der Waals surface area contributed by atoms with Crippen LogP contribution in [0.5, 0.6) is 11.6 Å². The maximum Gasteiger partial charge on any atom is 0.219 e. The number of pyridine rings is 1. The van der Waals surface area contributed by atoms with Crippen molar-refractivity contribution in [2.75, 3.05) is 6.54 Å². The van der Waals surface area contributed by atoms with E-state index in [1.807, 2.05) is 12.1 Å². The molecular formula is C15H16Cl2N2O. The highest BCUT2D eigenvalue weighted by atomic mass is 35.5. The number of nitrogens with zero attached hydrogens (tertiary/aromatic N) is 1. The number of benzene rings is 1. The molecule has 3 nitrogen and oxygen atoms in total. The van der Waals surface area contributed by atoms with Crippen LogP contribution in [0.4, 0.5) is 0 Å². The molecule has 0 aliphatic carbocycles. The molecular weight excluding hydrogens is 295 g/mol. The van der Waals surface area contributed by atoms with Gasteiger partial charge in [0.15, 0.2) is 0 Å². The lowest BCUT2D eigenvalue weighted by Gasteiger charge is -2.07. The van der Waals surface area contributed by atoms with Crippen LogP contribution in [0.2, 0.25) is 10.0 Å². The molecule has 1 aromatic heterocycles. The molecule has 2 rings (SSSR count). The number of ether oxygens (including phenoxy) is 1. The highest BCUT2D eigenvalue weighted by Gasteiger charge is 2.03. The van der Waals surface area contributed by atoms with Gasteiger partial charge in [-0.05, 0) is 30.7 Å². The van der Waals surface area contributed by atoms with Crippen molar-refractivity contribution in [2.45, 2.75) is 19.9 Å². The minimum Gasteiger partial charge on any atom is -0.439 e. The first kappa shape index (κ1) is 15.1. The Morgan fingerprint density at radius 3 is 2.65 bits per heavy atom. The molecule has 5 heteroatoms. The highest BCUT2D eigenvalue weighted by Crippen LogP contribution is 2.28. The third-order valence-electron chi connectivity index (χ3n) is 2.67. The van der Waals surface area contributed by atoms with E-state index in [1.54, 1.807) is 24.4 Å². The Balaban J connectivity index is 1.97. The third-order valence-corrected chi connectivity index (χ3v) is 3.41. The summed E-state index contributed by atoms with van der Waals surface area (Å²) in [6.07, 6.45) is 2.92. The molecule has 0 unspecified atom stereocenters. The second-order valence-electron chi connectivity index (χ2n) is 4.36. The zero-order chi connectivity index (χ0) is 14.4. The second kappa shape index (κ2) is 7.48. The number of halogens is 2. The lowest BCUT2D eigenvalue weighted by atomic mass is 10.3. The van der Waals surface area contributed by atoms with Crippen LogP contribution >= 0.6 is 23.2 Å². The van der Waals surface area contributed by atoms with E-state index in [2.05, 4.69) is 17.2 Å². The lowest BCUT2D eigenvalue weighted by molar-refractivity contribution is 0.462.